The molecule has 2 N–H and O–H groups in total. The van der Waals surface area contributed by atoms with Crippen molar-refractivity contribution in [1.82, 2.24) is 4.98 Å². The minimum atomic E-state index is -3.70. The molecule has 7 nitrogen and oxygen atoms in total. The third-order valence-electron chi connectivity index (χ3n) is 4.84. The first-order chi connectivity index (χ1) is 14.4. The lowest BCUT2D eigenvalue weighted by Gasteiger charge is -2.19. The number of nitrogens with one attached hydrogen (secondary N) is 2. The predicted molar refractivity (Wildman–Crippen MR) is 115 cm³/mol. The number of hydrogen-bond donors (Lipinski definition) is 2. The molecule has 0 saturated carbocycles. The Kier molecular flexibility index (Phi) is 5.69. The van der Waals surface area contributed by atoms with E-state index < -0.39 is 10.0 Å². The van der Waals surface area contributed by atoms with E-state index in [1.165, 1.54) is 53.9 Å². The van der Waals surface area contributed by atoms with Gasteiger partial charge in [0, 0.05) is 36.0 Å². The third kappa shape index (κ3) is 4.60. The highest BCUT2D eigenvalue weighted by atomic mass is 32.2. The zero-order valence-electron chi connectivity index (χ0n) is 15.8. The molecule has 2 aromatic carbocycles. The maximum Gasteiger partial charge on any atom is 0.263 e. The second-order valence-corrected chi connectivity index (χ2v) is 9.44. The zero-order valence-corrected chi connectivity index (χ0v) is 17.4. The Labute approximate surface area is 177 Å². The molecule has 30 heavy (non-hydrogen) atoms. The molecule has 1 aromatic heterocycles. The number of nitrogens with zero attached hydrogens (tertiary/aromatic N) is 2. The van der Waals surface area contributed by atoms with Crippen molar-refractivity contribution >= 4 is 43.8 Å². The number of anilines is 3. The fourth-order valence-electron chi connectivity index (χ4n) is 3.27. The average Bonchev–Trinajstić information content (AvgIpc) is 3.42. The molecule has 2 heterocycles. The van der Waals surface area contributed by atoms with Crippen LogP contribution in [-0.2, 0) is 14.8 Å². The number of hydrogen-bond acceptors (Lipinski definition) is 6. The van der Waals surface area contributed by atoms with Gasteiger partial charge in [-0.3, -0.25) is 9.52 Å². The van der Waals surface area contributed by atoms with Crippen molar-refractivity contribution in [2.75, 3.05) is 28.0 Å². The van der Waals surface area contributed by atoms with Crippen molar-refractivity contribution in [1.29, 1.82) is 0 Å². The van der Waals surface area contributed by atoms with Crippen LogP contribution in [0.15, 0.2) is 65.0 Å². The predicted octanol–water partition coefficient (Wildman–Crippen LogP) is 3.55. The number of amides is 1. The van der Waals surface area contributed by atoms with Crippen molar-refractivity contribution in [2.24, 2.45) is 5.92 Å². The van der Waals surface area contributed by atoms with Gasteiger partial charge < -0.3 is 10.2 Å². The first-order valence-electron chi connectivity index (χ1n) is 9.24. The Morgan fingerprint density at radius 1 is 1.13 bits per heavy atom. The maximum absolute atomic E-state index is 13.0. The molecule has 156 valence electrons. The van der Waals surface area contributed by atoms with E-state index in [-0.39, 0.29) is 22.5 Å². The van der Waals surface area contributed by atoms with E-state index >= 15 is 0 Å². The van der Waals surface area contributed by atoms with Crippen molar-refractivity contribution in [3.63, 3.8) is 0 Å². The van der Waals surface area contributed by atoms with Crippen molar-refractivity contribution < 1.29 is 17.6 Å². The largest absolute Gasteiger partial charge is 0.371 e. The van der Waals surface area contributed by atoms with Crippen LogP contribution in [0.3, 0.4) is 0 Å². The number of halogens is 1. The van der Waals surface area contributed by atoms with Crippen LogP contribution in [0.5, 0.6) is 0 Å². The smallest absolute Gasteiger partial charge is 0.263 e. The summed E-state index contributed by atoms with van der Waals surface area (Å²) >= 11 is 1.21. The lowest BCUT2D eigenvalue weighted by atomic mass is 10.1. The van der Waals surface area contributed by atoms with Gasteiger partial charge in [0.15, 0.2) is 5.13 Å². The lowest BCUT2D eigenvalue weighted by molar-refractivity contribution is -0.119. The standard InChI is InChI=1S/C20H19FN4O3S2/c21-15-1-3-16(4-2-15)23-19(26)14-9-11-25(13-14)17-5-7-18(8-6-17)30(27,28)24-20-22-10-12-29-20/h1-8,10,12,14H,9,11,13H2,(H,22,24)(H,23,26). The van der Waals surface area contributed by atoms with Gasteiger partial charge in [-0.2, -0.15) is 0 Å². The van der Waals surface area contributed by atoms with Gasteiger partial charge >= 0.3 is 0 Å². The number of carbonyl (C=O) groups is 1. The van der Waals surface area contributed by atoms with E-state index in [1.807, 2.05) is 4.90 Å². The van der Waals surface area contributed by atoms with Crippen LogP contribution in [0.1, 0.15) is 6.42 Å². The summed E-state index contributed by atoms with van der Waals surface area (Å²) < 4.78 is 40.3. The van der Waals surface area contributed by atoms with Gasteiger partial charge in [0.2, 0.25) is 5.91 Å². The van der Waals surface area contributed by atoms with E-state index in [4.69, 9.17) is 0 Å². The second-order valence-electron chi connectivity index (χ2n) is 6.86. The van der Waals surface area contributed by atoms with E-state index in [9.17, 15) is 17.6 Å². The molecule has 1 saturated heterocycles. The van der Waals surface area contributed by atoms with Crippen LogP contribution < -0.4 is 14.9 Å². The van der Waals surface area contributed by atoms with Crippen molar-refractivity contribution in [3.8, 4) is 0 Å². The van der Waals surface area contributed by atoms with Crippen molar-refractivity contribution in [2.45, 2.75) is 11.3 Å². The van der Waals surface area contributed by atoms with E-state index in [2.05, 4.69) is 15.0 Å². The Balaban J connectivity index is 1.38. The van der Waals surface area contributed by atoms with Crippen molar-refractivity contribution in [3.05, 3.63) is 65.9 Å². The zero-order chi connectivity index (χ0) is 21.1. The number of sulfonamides is 1. The van der Waals surface area contributed by atoms with Crippen LogP contribution in [0, 0.1) is 11.7 Å². The Morgan fingerprint density at radius 3 is 2.53 bits per heavy atom. The molecule has 1 atom stereocenters. The number of aromatic nitrogens is 1. The molecule has 0 aliphatic carbocycles. The maximum atomic E-state index is 13.0. The summed E-state index contributed by atoms with van der Waals surface area (Å²) in [7, 11) is -3.70. The highest BCUT2D eigenvalue weighted by molar-refractivity contribution is 7.93. The molecule has 0 spiro atoms. The monoisotopic (exact) mass is 446 g/mol. The first-order valence-corrected chi connectivity index (χ1v) is 11.6. The van der Waals surface area contributed by atoms with Gasteiger partial charge in [-0.1, -0.05) is 0 Å². The van der Waals surface area contributed by atoms with Gasteiger partial charge in [-0.15, -0.1) is 11.3 Å². The number of carbonyl (C=O) groups excluding carboxylic acids is 1. The molecule has 0 radical (unpaired) electrons. The van der Waals surface area contributed by atoms with Crippen LogP contribution >= 0.6 is 11.3 Å². The van der Waals surface area contributed by atoms with Gasteiger partial charge in [0.25, 0.3) is 10.0 Å². The average molecular weight is 447 g/mol. The Morgan fingerprint density at radius 2 is 1.87 bits per heavy atom. The summed E-state index contributed by atoms with van der Waals surface area (Å²) in [5.74, 6) is -0.673. The summed E-state index contributed by atoms with van der Waals surface area (Å²) in [5.41, 5.74) is 1.41. The molecular weight excluding hydrogens is 427 g/mol. The summed E-state index contributed by atoms with van der Waals surface area (Å²) in [5, 5.41) is 4.81. The quantitative estimate of drug-likeness (QED) is 0.604. The summed E-state index contributed by atoms with van der Waals surface area (Å²) in [6.07, 6.45) is 2.21. The molecule has 0 bridgehead atoms. The molecule has 10 heteroatoms. The van der Waals surface area contributed by atoms with E-state index in [1.54, 1.807) is 17.5 Å². The molecule has 1 aliphatic rings. The minimum absolute atomic E-state index is 0.115. The fourth-order valence-corrected chi connectivity index (χ4v) is 5.06. The molecule has 4 rings (SSSR count). The molecule has 1 amide bonds. The van der Waals surface area contributed by atoms with Gasteiger partial charge in [-0.05, 0) is 55.0 Å². The molecule has 1 unspecified atom stereocenters. The van der Waals surface area contributed by atoms with Gasteiger partial charge in [0.05, 0.1) is 10.8 Å². The molecule has 3 aromatic rings. The topological polar surface area (TPSA) is 91.4 Å². The Bertz CT molecular complexity index is 1120. The normalized spacial score (nSPS) is 16.4. The highest BCUT2D eigenvalue weighted by Crippen LogP contribution is 2.27. The number of rotatable bonds is 6. The van der Waals surface area contributed by atoms with Crippen LogP contribution in [-0.4, -0.2) is 32.4 Å². The summed E-state index contributed by atoms with van der Waals surface area (Å²) in [6, 6.07) is 12.2. The number of thiazole rings is 1. The lowest BCUT2D eigenvalue weighted by Crippen LogP contribution is -2.27. The van der Waals surface area contributed by atoms with Crippen LogP contribution in [0.2, 0.25) is 0 Å². The molecule has 1 aliphatic heterocycles. The SMILES string of the molecule is O=C(Nc1ccc(F)cc1)C1CCN(c2ccc(S(=O)(=O)Nc3nccs3)cc2)C1. The van der Waals surface area contributed by atoms with Crippen LogP contribution in [0.25, 0.3) is 0 Å². The van der Waals surface area contributed by atoms with Crippen LogP contribution in [0.4, 0.5) is 20.9 Å². The Hall–Kier alpha value is -2.98. The highest BCUT2D eigenvalue weighted by Gasteiger charge is 2.29. The van der Waals surface area contributed by atoms with Gasteiger partial charge in [0.1, 0.15) is 5.82 Å². The number of benzene rings is 2. The molecule has 1 fully saturated rings. The van der Waals surface area contributed by atoms with E-state index in [0.29, 0.717) is 30.3 Å². The fraction of sp³-hybridized carbons (Fsp3) is 0.200. The second kappa shape index (κ2) is 8.41. The van der Waals surface area contributed by atoms with E-state index in [0.717, 1.165) is 5.69 Å². The summed E-state index contributed by atoms with van der Waals surface area (Å²) in [6.45, 7) is 1.21. The summed E-state index contributed by atoms with van der Waals surface area (Å²) in [4.78, 5) is 18.6. The first kappa shape index (κ1) is 20.3. The third-order valence-corrected chi connectivity index (χ3v) is 7.01. The minimum Gasteiger partial charge on any atom is -0.371 e. The molecular formula is C20H19FN4O3S2. The van der Waals surface area contributed by atoms with Gasteiger partial charge in [-0.25, -0.2) is 17.8 Å².